The molecule has 3 N–H and O–H groups in total. The fourth-order valence-electron chi connectivity index (χ4n) is 3.30. The Labute approximate surface area is 179 Å². The molecule has 1 unspecified atom stereocenters. The van der Waals surface area contributed by atoms with E-state index in [9.17, 15) is 9.59 Å². The summed E-state index contributed by atoms with van der Waals surface area (Å²) in [5.41, 5.74) is 8.42. The Balaban J connectivity index is 1.37. The third kappa shape index (κ3) is 4.95. The van der Waals surface area contributed by atoms with Gasteiger partial charge in [-0.2, -0.15) is 15.0 Å². The molecule has 3 aromatic rings. The smallest absolute Gasteiger partial charge is 0.311 e. The number of benzene rings is 2. The van der Waals surface area contributed by atoms with Gasteiger partial charge in [-0.1, -0.05) is 35.9 Å². The summed E-state index contributed by atoms with van der Waals surface area (Å²) in [5.74, 6) is -0.634. The van der Waals surface area contributed by atoms with Gasteiger partial charge in [-0.15, -0.1) is 0 Å². The van der Waals surface area contributed by atoms with E-state index in [1.54, 1.807) is 4.90 Å². The van der Waals surface area contributed by atoms with Crippen LogP contribution in [0.5, 0.6) is 0 Å². The second-order valence-corrected chi connectivity index (χ2v) is 7.27. The molecule has 9 nitrogen and oxygen atoms in total. The van der Waals surface area contributed by atoms with E-state index in [-0.39, 0.29) is 43.2 Å². The Morgan fingerprint density at radius 3 is 2.61 bits per heavy atom. The van der Waals surface area contributed by atoms with Crippen LogP contribution in [0.3, 0.4) is 0 Å². The molecule has 1 amide bonds. The van der Waals surface area contributed by atoms with Crippen LogP contribution in [-0.2, 0) is 20.9 Å². The maximum absolute atomic E-state index is 12.5. The van der Waals surface area contributed by atoms with Crippen molar-refractivity contribution in [3.63, 3.8) is 0 Å². The number of carbonyl (C=O) groups is 2. The Kier molecular flexibility index (Phi) is 5.74. The van der Waals surface area contributed by atoms with E-state index in [1.807, 2.05) is 61.5 Å². The third-order valence-electron chi connectivity index (χ3n) is 4.88. The van der Waals surface area contributed by atoms with Crippen LogP contribution in [0.1, 0.15) is 17.8 Å². The number of anilines is 4. The molecule has 158 valence electrons. The van der Waals surface area contributed by atoms with Crippen molar-refractivity contribution in [2.24, 2.45) is 5.92 Å². The minimum atomic E-state index is -0.546. The molecule has 1 saturated heterocycles. The van der Waals surface area contributed by atoms with Crippen molar-refractivity contribution in [1.29, 1.82) is 0 Å². The molecule has 1 aliphatic heterocycles. The summed E-state index contributed by atoms with van der Waals surface area (Å²) in [7, 11) is 0. The minimum absolute atomic E-state index is 0.0149. The SMILES string of the molecule is Cc1ccc(N2CC(C(=O)OCc3nc(N)nc(Nc4ccccc4)n3)CC2=O)cc1. The zero-order valence-electron chi connectivity index (χ0n) is 17.0. The fourth-order valence-corrected chi connectivity index (χ4v) is 3.30. The predicted octanol–water partition coefficient (Wildman–Crippen LogP) is 2.60. The first-order chi connectivity index (χ1) is 15.0. The highest BCUT2D eigenvalue weighted by atomic mass is 16.5. The molecular weight excluding hydrogens is 396 g/mol. The Hall–Kier alpha value is -4.01. The van der Waals surface area contributed by atoms with E-state index in [4.69, 9.17) is 10.5 Å². The Bertz CT molecular complexity index is 1090. The number of amides is 1. The molecular formula is C22H22N6O3. The number of rotatable bonds is 6. The molecule has 2 aromatic carbocycles. The van der Waals surface area contributed by atoms with Crippen LogP contribution in [0.2, 0.25) is 0 Å². The van der Waals surface area contributed by atoms with Gasteiger partial charge in [-0.3, -0.25) is 9.59 Å². The van der Waals surface area contributed by atoms with E-state index in [1.165, 1.54) is 0 Å². The normalized spacial score (nSPS) is 15.7. The van der Waals surface area contributed by atoms with Crippen molar-refractivity contribution in [1.82, 2.24) is 15.0 Å². The monoisotopic (exact) mass is 418 g/mol. The number of aryl methyl sites for hydroxylation is 1. The van der Waals surface area contributed by atoms with Crippen molar-refractivity contribution >= 4 is 35.1 Å². The lowest BCUT2D eigenvalue weighted by molar-refractivity contribution is -0.149. The van der Waals surface area contributed by atoms with Crippen molar-refractivity contribution in [3.05, 3.63) is 66.0 Å². The summed E-state index contributed by atoms with van der Waals surface area (Å²) in [6.45, 7) is 2.09. The highest BCUT2D eigenvalue weighted by Crippen LogP contribution is 2.26. The van der Waals surface area contributed by atoms with Crippen LogP contribution in [0, 0.1) is 12.8 Å². The number of nitrogens with zero attached hydrogens (tertiary/aromatic N) is 4. The Morgan fingerprint density at radius 2 is 1.87 bits per heavy atom. The summed E-state index contributed by atoms with van der Waals surface area (Å²) < 4.78 is 5.37. The van der Waals surface area contributed by atoms with Crippen LogP contribution in [-0.4, -0.2) is 33.4 Å². The summed E-state index contributed by atoms with van der Waals surface area (Å²) >= 11 is 0. The molecule has 0 radical (unpaired) electrons. The van der Waals surface area contributed by atoms with E-state index in [0.717, 1.165) is 16.9 Å². The average molecular weight is 418 g/mol. The fraction of sp³-hybridized carbons (Fsp3) is 0.227. The summed E-state index contributed by atoms with van der Waals surface area (Å²) in [5, 5.41) is 3.03. The zero-order valence-corrected chi connectivity index (χ0v) is 17.0. The maximum atomic E-state index is 12.5. The molecule has 0 spiro atoms. The van der Waals surface area contributed by atoms with E-state index >= 15 is 0 Å². The van der Waals surface area contributed by atoms with Crippen molar-refractivity contribution in [2.75, 3.05) is 22.5 Å². The third-order valence-corrected chi connectivity index (χ3v) is 4.88. The number of aromatic nitrogens is 3. The first kappa shape index (κ1) is 20.3. The van der Waals surface area contributed by atoms with Crippen LogP contribution >= 0.6 is 0 Å². The van der Waals surface area contributed by atoms with Gasteiger partial charge in [0.05, 0.1) is 5.92 Å². The number of para-hydroxylation sites is 1. The van der Waals surface area contributed by atoms with Crippen LogP contribution in [0.15, 0.2) is 54.6 Å². The van der Waals surface area contributed by atoms with Crippen molar-refractivity contribution < 1.29 is 14.3 Å². The standard InChI is InChI=1S/C22H22N6O3/c1-14-7-9-17(10-8-14)28-12-15(11-19(28)29)20(30)31-13-18-25-21(23)27-22(26-18)24-16-5-3-2-4-6-16/h2-10,15H,11-13H2,1H3,(H3,23,24,25,26,27). The summed E-state index contributed by atoms with van der Waals surface area (Å²) in [6, 6.07) is 17.0. The number of esters is 1. The molecule has 2 heterocycles. The average Bonchev–Trinajstić information content (AvgIpc) is 3.15. The maximum Gasteiger partial charge on any atom is 0.311 e. The molecule has 0 aliphatic carbocycles. The van der Waals surface area contributed by atoms with Gasteiger partial charge in [-0.05, 0) is 31.2 Å². The number of nitrogen functional groups attached to an aromatic ring is 1. The van der Waals surface area contributed by atoms with Crippen LogP contribution in [0.25, 0.3) is 0 Å². The van der Waals surface area contributed by atoms with Gasteiger partial charge < -0.3 is 20.7 Å². The Morgan fingerprint density at radius 1 is 1.13 bits per heavy atom. The molecule has 9 heteroatoms. The van der Waals surface area contributed by atoms with Crippen molar-refractivity contribution in [3.8, 4) is 0 Å². The van der Waals surface area contributed by atoms with Gasteiger partial charge in [0.2, 0.25) is 17.8 Å². The lowest BCUT2D eigenvalue weighted by Crippen LogP contribution is -2.26. The van der Waals surface area contributed by atoms with Crippen LogP contribution in [0.4, 0.5) is 23.3 Å². The van der Waals surface area contributed by atoms with E-state index < -0.39 is 11.9 Å². The predicted molar refractivity (Wildman–Crippen MR) is 115 cm³/mol. The van der Waals surface area contributed by atoms with Gasteiger partial charge in [0, 0.05) is 24.3 Å². The van der Waals surface area contributed by atoms with Gasteiger partial charge in [0.1, 0.15) is 0 Å². The molecule has 1 fully saturated rings. The summed E-state index contributed by atoms with van der Waals surface area (Å²) in [6.07, 6.45) is 0.104. The molecule has 1 aliphatic rings. The summed E-state index contributed by atoms with van der Waals surface area (Å²) in [4.78, 5) is 38.8. The number of carbonyl (C=O) groups excluding carboxylic acids is 2. The van der Waals surface area contributed by atoms with Crippen molar-refractivity contribution in [2.45, 2.75) is 20.0 Å². The highest BCUT2D eigenvalue weighted by Gasteiger charge is 2.36. The molecule has 4 rings (SSSR count). The number of nitrogens with one attached hydrogen (secondary N) is 1. The van der Waals surface area contributed by atoms with Crippen LogP contribution < -0.4 is 16.0 Å². The van der Waals surface area contributed by atoms with Gasteiger partial charge >= 0.3 is 5.97 Å². The number of nitrogens with two attached hydrogens (primary N) is 1. The minimum Gasteiger partial charge on any atom is -0.457 e. The quantitative estimate of drug-likeness (QED) is 0.586. The number of hydrogen-bond acceptors (Lipinski definition) is 8. The number of ether oxygens (including phenoxy) is 1. The molecule has 0 saturated carbocycles. The van der Waals surface area contributed by atoms with Gasteiger partial charge in [0.15, 0.2) is 12.4 Å². The molecule has 0 bridgehead atoms. The lowest BCUT2D eigenvalue weighted by atomic mass is 10.1. The lowest BCUT2D eigenvalue weighted by Gasteiger charge is -2.16. The first-order valence-corrected chi connectivity index (χ1v) is 9.84. The highest BCUT2D eigenvalue weighted by molar-refractivity contribution is 5.99. The zero-order chi connectivity index (χ0) is 21.8. The topological polar surface area (TPSA) is 123 Å². The second kappa shape index (κ2) is 8.78. The van der Waals surface area contributed by atoms with Gasteiger partial charge in [-0.25, -0.2) is 0 Å². The molecule has 1 aromatic heterocycles. The van der Waals surface area contributed by atoms with E-state index in [2.05, 4.69) is 20.3 Å². The molecule has 31 heavy (non-hydrogen) atoms. The molecule has 1 atom stereocenters. The van der Waals surface area contributed by atoms with E-state index in [0.29, 0.717) is 0 Å². The first-order valence-electron chi connectivity index (χ1n) is 9.84. The number of hydrogen-bond donors (Lipinski definition) is 2. The van der Waals surface area contributed by atoms with Gasteiger partial charge in [0.25, 0.3) is 0 Å². The largest absolute Gasteiger partial charge is 0.457 e. The second-order valence-electron chi connectivity index (χ2n) is 7.27.